The molecule has 2 aromatic carbocycles. The Balaban J connectivity index is 1.47. The van der Waals surface area contributed by atoms with Crippen LogP contribution in [0.3, 0.4) is 0 Å². The summed E-state index contributed by atoms with van der Waals surface area (Å²) in [7, 11) is 4.32. The number of rotatable bonds is 6. The van der Waals surface area contributed by atoms with E-state index in [1.165, 1.54) is 6.42 Å². The van der Waals surface area contributed by atoms with Gasteiger partial charge in [0.15, 0.2) is 6.20 Å². The maximum atomic E-state index is 5.05. The van der Waals surface area contributed by atoms with E-state index in [1.54, 1.807) is 0 Å². The van der Waals surface area contributed by atoms with Crippen LogP contribution >= 0.6 is 0 Å². The van der Waals surface area contributed by atoms with Gasteiger partial charge in [0.25, 0.3) is 0 Å². The molecule has 1 aliphatic carbocycles. The van der Waals surface area contributed by atoms with E-state index in [4.69, 9.17) is 4.98 Å². The summed E-state index contributed by atoms with van der Waals surface area (Å²) in [6, 6.07) is 21.7. The number of quaternary nitrogens is 1. The second-order valence-electron chi connectivity index (χ2n) is 9.58. The summed E-state index contributed by atoms with van der Waals surface area (Å²) in [5.74, 6) is 0.587. The van der Waals surface area contributed by atoms with Gasteiger partial charge in [-0.05, 0) is 51.1 Å². The van der Waals surface area contributed by atoms with Crippen LogP contribution in [0.5, 0.6) is 0 Å². The van der Waals surface area contributed by atoms with E-state index in [-0.39, 0.29) is 0 Å². The summed E-state index contributed by atoms with van der Waals surface area (Å²) in [4.78, 5) is 16.3. The first-order valence-electron chi connectivity index (χ1n) is 11.9. The molecule has 3 unspecified atom stereocenters. The molecule has 0 saturated heterocycles. The van der Waals surface area contributed by atoms with Crippen LogP contribution in [-0.4, -0.2) is 53.7 Å². The highest BCUT2D eigenvalue weighted by molar-refractivity contribution is 5.86. The Hall–Kier alpha value is -3.61. The Bertz CT molecular complexity index is 1340. The SMILES string of the molecule is CN(C)CC1CCC1N(c1ccc2ccc(-c3ccccc3)nc2c1)[N+]12C=CN=CC1=CN=C2. The Morgan fingerprint density at radius 3 is 2.62 bits per heavy atom. The third kappa shape index (κ3) is 3.47. The van der Waals surface area contributed by atoms with Gasteiger partial charge in [-0.1, -0.05) is 42.5 Å². The molecule has 0 radical (unpaired) electrons. The fourth-order valence-electron chi connectivity index (χ4n) is 5.33. The molecule has 3 aromatic rings. The number of pyridine rings is 1. The van der Waals surface area contributed by atoms with Crippen molar-refractivity contribution in [3.05, 3.63) is 85.0 Å². The lowest BCUT2D eigenvalue weighted by Crippen LogP contribution is -2.64. The first kappa shape index (κ1) is 21.0. The lowest BCUT2D eigenvalue weighted by atomic mass is 9.78. The van der Waals surface area contributed by atoms with Gasteiger partial charge < -0.3 is 4.90 Å². The third-order valence-electron chi connectivity index (χ3n) is 7.11. The molecule has 6 heteroatoms. The minimum atomic E-state index is 0.390. The van der Waals surface area contributed by atoms with Crippen LogP contribution in [0.15, 0.2) is 94.9 Å². The quantitative estimate of drug-likeness (QED) is 0.485. The molecule has 3 heterocycles. The van der Waals surface area contributed by atoms with E-state index in [9.17, 15) is 0 Å². The van der Waals surface area contributed by atoms with Gasteiger partial charge in [0.1, 0.15) is 0 Å². The highest BCUT2D eigenvalue weighted by Gasteiger charge is 2.50. The van der Waals surface area contributed by atoms with Gasteiger partial charge in [-0.3, -0.25) is 4.99 Å². The molecule has 2 aliphatic heterocycles. The van der Waals surface area contributed by atoms with Crippen LogP contribution in [0.4, 0.5) is 5.69 Å². The Morgan fingerprint density at radius 1 is 0.971 bits per heavy atom. The average molecular weight is 450 g/mol. The Morgan fingerprint density at radius 2 is 1.82 bits per heavy atom. The lowest BCUT2D eigenvalue weighted by molar-refractivity contribution is -0.747. The third-order valence-corrected chi connectivity index (χ3v) is 7.11. The standard InChI is InChI=1S/C28H29N6/c1-32(2)19-23-10-13-28(23)33(34-15-14-29-17-25(34)18-30-20-34)24-11-8-22-9-12-26(31-27(22)16-24)21-6-4-3-5-7-21/h3-9,11-12,14-18,20,23,28H,10,13,19H2,1-2H3/q+1. The zero-order valence-electron chi connectivity index (χ0n) is 19.6. The summed E-state index contributed by atoms with van der Waals surface area (Å²) in [5, 5.41) is 3.65. The second-order valence-corrected chi connectivity index (χ2v) is 9.58. The zero-order chi connectivity index (χ0) is 23.1. The van der Waals surface area contributed by atoms with Crippen molar-refractivity contribution >= 4 is 29.1 Å². The number of fused-ring (bicyclic) bond motifs is 2. The number of benzene rings is 2. The first-order valence-corrected chi connectivity index (χ1v) is 11.9. The van der Waals surface area contributed by atoms with Gasteiger partial charge in [-0.2, -0.15) is 0 Å². The molecule has 1 aromatic heterocycles. The number of aliphatic imine (C=N–C) groups is 2. The number of anilines is 1. The number of hydrogen-bond acceptors (Lipinski definition) is 5. The van der Waals surface area contributed by atoms with Crippen molar-refractivity contribution < 1.29 is 4.59 Å². The summed E-state index contributed by atoms with van der Waals surface area (Å²) in [6.45, 7) is 1.07. The van der Waals surface area contributed by atoms with Crippen molar-refractivity contribution in [1.82, 2.24) is 9.88 Å². The summed E-state index contributed by atoms with van der Waals surface area (Å²) >= 11 is 0. The van der Waals surface area contributed by atoms with Crippen LogP contribution in [0.2, 0.25) is 0 Å². The van der Waals surface area contributed by atoms with E-state index >= 15 is 0 Å². The molecular weight excluding hydrogens is 420 g/mol. The van der Waals surface area contributed by atoms with Crippen molar-refractivity contribution in [3.63, 3.8) is 0 Å². The van der Waals surface area contributed by atoms with Crippen LogP contribution in [-0.2, 0) is 0 Å². The minimum absolute atomic E-state index is 0.390. The van der Waals surface area contributed by atoms with Gasteiger partial charge in [-0.15, -0.1) is 4.59 Å². The van der Waals surface area contributed by atoms with Gasteiger partial charge in [0.2, 0.25) is 12.0 Å². The minimum Gasteiger partial charge on any atom is -0.309 e. The molecule has 3 atom stereocenters. The van der Waals surface area contributed by atoms with Gasteiger partial charge in [0.05, 0.1) is 41.6 Å². The number of allylic oxidation sites excluding steroid dienone is 1. The molecule has 0 amide bonds. The van der Waals surface area contributed by atoms with Crippen molar-refractivity contribution in [1.29, 1.82) is 0 Å². The molecular formula is C28H29N6+. The van der Waals surface area contributed by atoms with Crippen LogP contribution in [0, 0.1) is 5.92 Å². The smallest absolute Gasteiger partial charge is 0.225 e. The average Bonchev–Trinajstić information content (AvgIpc) is 3.30. The highest BCUT2D eigenvalue weighted by Crippen LogP contribution is 2.42. The first-order chi connectivity index (χ1) is 16.6. The molecule has 3 aliphatic rings. The summed E-state index contributed by atoms with van der Waals surface area (Å²) < 4.78 is 0.446. The molecule has 1 saturated carbocycles. The van der Waals surface area contributed by atoms with Gasteiger partial charge in [0, 0.05) is 17.5 Å². The Kier molecular flexibility index (Phi) is 5.12. The molecule has 0 N–H and O–H groups in total. The molecule has 34 heavy (non-hydrogen) atoms. The number of hydrogen-bond donors (Lipinski definition) is 0. The van der Waals surface area contributed by atoms with Crippen LogP contribution in [0.25, 0.3) is 22.2 Å². The van der Waals surface area contributed by atoms with Gasteiger partial charge >= 0.3 is 0 Å². The molecule has 0 spiro atoms. The van der Waals surface area contributed by atoms with Crippen molar-refractivity contribution in [2.45, 2.75) is 18.9 Å². The van der Waals surface area contributed by atoms with E-state index in [1.807, 2.05) is 31.0 Å². The highest BCUT2D eigenvalue weighted by atomic mass is 15.8. The molecule has 170 valence electrons. The molecule has 0 bridgehead atoms. The Labute approximate surface area is 200 Å². The van der Waals surface area contributed by atoms with E-state index < -0.39 is 0 Å². The van der Waals surface area contributed by atoms with Crippen LogP contribution in [0.1, 0.15) is 12.8 Å². The maximum Gasteiger partial charge on any atom is 0.225 e. The van der Waals surface area contributed by atoms with Gasteiger partial charge in [-0.25, -0.2) is 15.0 Å². The predicted octanol–water partition coefficient (Wildman–Crippen LogP) is 5.22. The fraction of sp³-hybridized carbons (Fsp3) is 0.250. The molecule has 6 nitrogen and oxygen atoms in total. The van der Waals surface area contributed by atoms with E-state index in [0.717, 1.165) is 46.5 Å². The van der Waals surface area contributed by atoms with E-state index in [0.29, 0.717) is 16.6 Å². The van der Waals surface area contributed by atoms with Crippen LogP contribution < -0.4 is 5.01 Å². The monoisotopic (exact) mass is 449 g/mol. The zero-order valence-corrected chi connectivity index (χ0v) is 19.6. The summed E-state index contributed by atoms with van der Waals surface area (Å²) in [6.07, 6.45) is 12.3. The normalized spacial score (nSPS) is 24.9. The van der Waals surface area contributed by atoms with Crippen molar-refractivity contribution in [2.75, 3.05) is 25.6 Å². The largest absolute Gasteiger partial charge is 0.309 e. The fourth-order valence-corrected chi connectivity index (χ4v) is 5.33. The molecule has 1 fully saturated rings. The second kappa shape index (κ2) is 8.31. The predicted molar refractivity (Wildman–Crippen MR) is 139 cm³/mol. The topological polar surface area (TPSA) is 44.1 Å². The molecule has 6 rings (SSSR count). The van der Waals surface area contributed by atoms with E-state index in [2.05, 4.69) is 94.8 Å². The number of aromatic nitrogens is 1. The maximum absolute atomic E-state index is 5.05. The van der Waals surface area contributed by atoms with Crippen molar-refractivity contribution in [2.24, 2.45) is 15.9 Å². The van der Waals surface area contributed by atoms with Crippen molar-refractivity contribution in [3.8, 4) is 11.3 Å². The number of nitrogens with zero attached hydrogens (tertiary/aromatic N) is 6. The summed E-state index contributed by atoms with van der Waals surface area (Å²) in [5.41, 5.74) is 5.33. The lowest BCUT2D eigenvalue weighted by Gasteiger charge is -2.50.